The zero-order valence-electron chi connectivity index (χ0n) is 20.5. The Morgan fingerprint density at radius 1 is 1.11 bits per heavy atom. The number of carboxylic acid groups (broad SMARTS) is 1. The van der Waals surface area contributed by atoms with Gasteiger partial charge in [0, 0.05) is 17.3 Å². The number of anilines is 1. The number of aromatic nitrogens is 3. The molecule has 1 atom stereocenters. The molecular weight excluding hydrogens is 537 g/mol. The van der Waals surface area contributed by atoms with E-state index in [0.717, 1.165) is 0 Å². The van der Waals surface area contributed by atoms with Gasteiger partial charge in [0.1, 0.15) is 0 Å². The molecule has 37 heavy (non-hydrogen) atoms. The van der Waals surface area contributed by atoms with Gasteiger partial charge >= 0.3 is 5.97 Å². The molecule has 0 unspecified atom stereocenters. The Morgan fingerprint density at radius 3 is 2.51 bits per heavy atom. The van der Waals surface area contributed by atoms with Gasteiger partial charge < -0.3 is 20.3 Å². The molecule has 0 bridgehead atoms. The van der Waals surface area contributed by atoms with Crippen molar-refractivity contribution in [3.05, 3.63) is 69.5 Å². The fourth-order valence-corrected chi connectivity index (χ4v) is 4.93. The molecule has 0 aliphatic rings. The first kappa shape index (κ1) is 28.5. The summed E-state index contributed by atoms with van der Waals surface area (Å²) in [5, 5.41) is 24.7. The van der Waals surface area contributed by atoms with Crippen LogP contribution in [0.4, 0.5) is 5.69 Å². The molecule has 2 aromatic carbocycles. The lowest BCUT2D eigenvalue weighted by Crippen LogP contribution is -2.32. The van der Waals surface area contributed by atoms with E-state index in [4.69, 9.17) is 28.3 Å². The predicted molar refractivity (Wildman–Crippen MR) is 145 cm³/mol. The summed E-state index contributed by atoms with van der Waals surface area (Å²) in [5.74, 6) is -0.880. The second kappa shape index (κ2) is 12.9. The number of halogens is 2. The summed E-state index contributed by atoms with van der Waals surface area (Å²) in [6.07, 6.45) is 0.611. The number of hydrogen-bond acceptors (Lipinski definition) is 6. The lowest BCUT2D eigenvalue weighted by Gasteiger charge is -2.21. The van der Waals surface area contributed by atoms with E-state index in [1.54, 1.807) is 24.3 Å². The number of benzene rings is 2. The third-order valence-electron chi connectivity index (χ3n) is 5.29. The zero-order chi connectivity index (χ0) is 27.1. The summed E-state index contributed by atoms with van der Waals surface area (Å²) in [5.41, 5.74) is 0.781. The Kier molecular flexibility index (Phi) is 9.96. The summed E-state index contributed by atoms with van der Waals surface area (Å²) >= 11 is 13.4. The molecule has 3 N–H and O–H groups in total. The molecule has 0 aliphatic heterocycles. The van der Waals surface area contributed by atoms with Crippen LogP contribution in [0, 0.1) is 5.92 Å². The molecule has 2 amide bonds. The fourth-order valence-electron chi connectivity index (χ4n) is 3.63. The van der Waals surface area contributed by atoms with Crippen LogP contribution in [0.5, 0.6) is 0 Å². The van der Waals surface area contributed by atoms with E-state index in [-0.39, 0.29) is 34.1 Å². The Morgan fingerprint density at radius 2 is 1.86 bits per heavy atom. The van der Waals surface area contributed by atoms with Crippen LogP contribution < -0.4 is 10.6 Å². The molecule has 12 heteroatoms. The average Bonchev–Trinajstić information content (AvgIpc) is 3.25. The molecule has 0 radical (unpaired) electrons. The first-order valence-electron chi connectivity index (χ1n) is 11.5. The van der Waals surface area contributed by atoms with Gasteiger partial charge in [-0.2, -0.15) is 0 Å². The Balaban J connectivity index is 1.74. The van der Waals surface area contributed by atoms with Crippen LogP contribution in [-0.4, -0.2) is 43.4 Å². The Hall–Kier alpha value is -3.08. The van der Waals surface area contributed by atoms with Crippen molar-refractivity contribution in [3.8, 4) is 0 Å². The fraction of sp³-hybridized carbons (Fsp3) is 0.320. The molecule has 0 fully saturated rings. The number of nitrogens with one attached hydrogen (secondary N) is 2. The highest BCUT2D eigenvalue weighted by Crippen LogP contribution is 2.27. The molecule has 3 rings (SSSR count). The van der Waals surface area contributed by atoms with Gasteiger partial charge in [0.15, 0.2) is 11.0 Å². The van der Waals surface area contributed by atoms with E-state index in [9.17, 15) is 14.4 Å². The maximum atomic E-state index is 13.0. The van der Waals surface area contributed by atoms with Crippen molar-refractivity contribution in [2.75, 3.05) is 11.1 Å². The summed E-state index contributed by atoms with van der Waals surface area (Å²) in [4.78, 5) is 36.7. The third kappa shape index (κ3) is 7.70. The van der Waals surface area contributed by atoms with Crippen molar-refractivity contribution >= 4 is 58.4 Å². The maximum absolute atomic E-state index is 13.0. The smallest absolute Gasteiger partial charge is 0.335 e. The van der Waals surface area contributed by atoms with Crippen molar-refractivity contribution in [1.82, 2.24) is 20.1 Å². The number of carbonyl (C=O) groups excluding carboxylic acids is 2. The molecule has 9 nitrogen and oxygen atoms in total. The van der Waals surface area contributed by atoms with Gasteiger partial charge in [-0.3, -0.25) is 9.59 Å². The van der Waals surface area contributed by atoms with Gasteiger partial charge in [0.05, 0.1) is 27.9 Å². The van der Waals surface area contributed by atoms with Crippen LogP contribution in [0.25, 0.3) is 0 Å². The second-order valence-electron chi connectivity index (χ2n) is 8.59. The van der Waals surface area contributed by atoms with Gasteiger partial charge in [-0.05, 0) is 55.7 Å². The first-order valence-corrected chi connectivity index (χ1v) is 13.3. The minimum Gasteiger partial charge on any atom is -0.478 e. The summed E-state index contributed by atoms with van der Waals surface area (Å²) in [7, 11) is 0. The van der Waals surface area contributed by atoms with E-state index in [1.807, 2.05) is 25.3 Å². The molecule has 0 saturated heterocycles. The number of carboxylic acids is 1. The van der Waals surface area contributed by atoms with E-state index >= 15 is 0 Å². The molecule has 1 aromatic heterocycles. The Labute approximate surface area is 228 Å². The maximum Gasteiger partial charge on any atom is 0.335 e. The number of amides is 2. The number of nitrogens with zero attached hydrogens (tertiary/aromatic N) is 3. The third-order valence-corrected chi connectivity index (χ3v) is 6.80. The van der Waals surface area contributed by atoms with Crippen molar-refractivity contribution in [2.24, 2.45) is 5.92 Å². The van der Waals surface area contributed by atoms with Crippen LogP contribution >= 0.6 is 35.0 Å². The molecule has 0 saturated carbocycles. The highest BCUT2D eigenvalue weighted by atomic mass is 35.5. The summed E-state index contributed by atoms with van der Waals surface area (Å²) in [6, 6.07) is 10.3. The normalized spacial score (nSPS) is 11.8. The monoisotopic (exact) mass is 563 g/mol. The van der Waals surface area contributed by atoms with Crippen molar-refractivity contribution in [2.45, 2.75) is 44.9 Å². The molecule has 0 spiro atoms. The highest BCUT2D eigenvalue weighted by molar-refractivity contribution is 7.99. The first-order chi connectivity index (χ1) is 17.6. The van der Waals surface area contributed by atoms with Crippen LogP contribution in [0.1, 0.15) is 59.8 Å². The lowest BCUT2D eigenvalue weighted by molar-refractivity contribution is -0.113. The van der Waals surface area contributed by atoms with Gasteiger partial charge in [0.2, 0.25) is 5.91 Å². The van der Waals surface area contributed by atoms with E-state index in [2.05, 4.69) is 20.8 Å². The number of aromatic carboxylic acids is 1. The lowest BCUT2D eigenvalue weighted by atomic mass is 10.0. The summed E-state index contributed by atoms with van der Waals surface area (Å²) < 4.78 is 1.86. The van der Waals surface area contributed by atoms with E-state index < -0.39 is 12.0 Å². The number of hydrogen-bond donors (Lipinski definition) is 3. The number of thioether (sulfide) groups is 1. The van der Waals surface area contributed by atoms with Gasteiger partial charge in [0.25, 0.3) is 5.91 Å². The standard InChI is InChI=1S/C25H27Cl2N5O4S/c1-4-32-22(20(10-14(2)3)29-23(34)18-9-8-16(26)12-19(18)27)30-31-25(32)37-13-21(33)28-17-7-5-6-15(11-17)24(35)36/h5-9,11-12,14,20H,4,10,13H2,1-3H3,(H,28,33)(H,29,34)(H,35,36)/t20-/m0/s1. The quantitative estimate of drug-likeness (QED) is 0.261. The highest BCUT2D eigenvalue weighted by Gasteiger charge is 2.25. The van der Waals surface area contributed by atoms with Crippen molar-refractivity contribution in [3.63, 3.8) is 0 Å². The van der Waals surface area contributed by atoms with Gasteiger partial charge in [-0.1, -0.05) is 54.9 Å². The SMILES string of the molecule is CCn1c(SCC(=O)Nc2cccc(C(=O)O)c2)nnc1[C@H](CC(C)C)NC(=O)c1ccc(Cl)cc1Cl. The molecule has 3 aromatic rings. The topological polar surface area (TPSA) is 126 Å². The van der Waals surface area contributed by atoms with E-state index in [0.29, 0.717) is 40.2 Å². The summed E-state index contributed by atoms with van der Waals surface area (Å²) in [6.45, 7) is 6.54. The predicted octanol–water partition coefficient (Wildman–Crippen LogP) is 5.55. The molecule has 1 heterocycles. The number of carbonyl (C=O) groups is 3. The van der Waals surface area contributed by atoms with Gasteiger partial charge in [-0.25, -0.2) is 4.79 Å². The molecular formula is C25H27Cl2N5O4S. The van der Waals surface area contributed by atoms with Gasteiger partial charge in [-0.15, -0.1) is 10.2 Å². The minimum absolute atomic E-state index is 0.0387. The average molecular weight is 564 g/mol. The minimum atomic E-state index is -1.07. The van der Waals surface area contributed by atoms with Crippen LogP contribution in [0.3, 0.4) is 0 Å². The van der Waals surface area contributed by atoms with Crippen LogP contribution in [-0.2, 0) is 11.3 Å². The molecule has 196 valence electrons. The zero-order valence-corrected chi connectivity index (χ0v) is 22.8. The van der Waals surface area contributed by atoms with Crippen LogP contribution in [0.2, 0.25) is 10.0 Å². The second-order valence-corrected chi connectivity index (χ2v) is 10.4. The Bertz CT molecular complexity index is 1300. The molecule has 0 aliphatic carbocycles. The number of rotatable bonds is 11. The van der Waals surface area contributed by atoms with Crippen LogP contribution in [0.15, 0.2) is 47.6 Å². The van der Waals surface area contributed by atoms with Crippen molar-refractivity contribution < 1.29 is 19.5 Å². The van der Waals surface area contributed by atoms with Crippen molar-refractivity contribution in [1.29, 1.82) is 0 Å². The van der Waals surface area contributed by atoms with E-state index in [1.165, 1.54) is 30.0 Å². The largest absolute Gasteiger partial charge is 0.478 e.